The molecule has 0 unspecified atom stereocenters. The Balaban J connectivity index is 1.85. The first-order valence-electron chi connectivity index (χ1n) is 7.62. The zero-order valence-corrected chi connectivity index (χ0v) is 12.6. The minimum absolute atomic E-state index is 0.171. The van der Waals surface area contributed by atoms with Crippen molar-refractivity contribution in [2.75, 3.05) is 13.1 Å². The van der Waals surface area contributed by atoms with Crippen molar-refractivity contribution in [3.63, 3.8) is 0 Å². The van der Waals surface area contributed by atoms with Crippen LogP contribution in [0.2, 0.25) is 0 Å². The first kappa shape index (κ1) is 16.0. The number of hydrogen-bond donors (Lipinski definition) is 1. The van der Waals surface area contributed by atoms with Crippen molar-refractivity contribution in [1.29, 1.82) is 0 Å². The van der Waals surface area contributed by atoms with Crippen molar-refractivity contribution in [1.82, 2.24) is 5.32 Å². The maximum absolute atomic E-state index is 12.9. The summed E-state index contributed by atoms with van der Waals surface area (Å²) in [5.74, 6) is 0. The van der Waals surface area contributed by atoms with Crippen molar-refractivity contribution in [3.05, 3.63) is 59.7 Å². The summed E-state index contributed by atoms with van der Waals surface area (Å²) in [7, 11) is 0. The summed E-state index contributed by atoms with van der Waals surface area (Å²) in [5, 5.41) is 3.23. The normalized spacial score (nSPS) is 18.3. The fourth-order valence-electron chi connectivity index (χ4n) is 2.77. The average Bonchev–Trinajstić information content (AvgIpc) is 3.06. The van der Waals surface area contributed by atoms with Crippen LogP contribution in [-0.4, -0.2) is 19.2 Å². The van der Waals surface area contributed by atoms with Gasteiger partial charge >= 0.3 is 6.18 Å². The predicted octanol–water partition coefficient (Wildman–Crippen LogP) is 4.25. The van der Waals surface area contributed by atoms with Gasteiger partial charge in [0, 0.05) is 6.54 Å². The van der Waals surface area contributed by atoms with E-state index in [9.17, 15) is 13.2 Å². The minimum Gasteiger partial charge on any atom is -0.372 e. The van der Waals surface area contributed by atoms with Gasteiger partial charge in [0.1, 0.15) is 0 Å². The standard InChI is InChI=1S/C18H18F3NO/c19-18(20,21)15-6-3-5-13(10-15)17-7-2-1-4-14(17)12-23-16-8-9-22-11-16/h1-7,10,16,22H,8-9,11-12H2/t16-/m0/s1. The SMILES string of the molecule is FC(F)(F)c1cccc(-c2ccccc2CO[C@H]2CCNC2)c1. The van der Waals surface area contributed by atoms with E-state index in [1.807, 2.05) is 24.3 Å². The summed E-state index contributed by atoms with van der Waals surface area (Å²) < 4.78 is 44.6. The molecule has 0 bridgehead atoms. The number of halogens is 3. The van der Waals surface area contributed by atoms with Crippen LogP contribution in [0.4, 0.5) is 13.2 Å². The number of benzene rings is 2. The molecular formula is C18H18F3NO. The molecule has 1 aliphatic rings. The van der Waals surface area contributed by atoms with Crippen LogP contribution in [0.3, 0.4) is 0 Å². The van der Waals surface area contributed by atoms with E-state index >= 15 is 0 Å². The minimum atomic E-state index is -4.34. The molecule has 5 heteroatoms. The summed E-state index contributed by atoms with van der Waals surface area (Å²) in [6.45, 7) is 2.17. The van der Waals surface area contributed by atoms with E-state index in [0.717, 1.165) is 36.7 Å². The third kappa shape index (κ3) is 3.92. The lowest BCUT2D eigenvalue weighted by atomic mass is 9.98. The molecule has 0 aliphatic carbocycles. The molecule has 1 saturated heterocycles. The molecule has 1 fully saturated rings. The van der Waals surface area contributed by atoms with E-state index in [-0.39, 0.29) is 6.10 Å². The highest BCUT2D eigenvalue weighted by Gasteiger charge is 2.30. The Labute approximate surface area is 133 Å². The second kappa shape index (κ2) is 6.72. The molecule has 0 spiro atoms. The molecule has 1 heterocycles. The number of rotatable bonds is 4. The lowest BCUT2D eigenvalue weighted by Gasteiger charge is -2.15. The zero-order chi connectivity index (χ0) is 16.3. The molecule has 0 radical (unpaired) electrons. The summed E-state index contributed by atoms with van der Waals surface area (Å²) in [5.41, 5.74) is 1.61. The molecule has 0 amide bonds. The van der Waals surface area contributed by atoms with Gasteiger partial charge in [0.15, 0.2) is 0 Å². The second-order valence-electron chi connectivity index (χ2n) is 5.66. The van der Waals surface area contributed by atoms with Crippen LogP contribution >= 0.6 is 0 Å². The van der Waals surface area contributed by atoms with Crippen LogP contribution in [0, 0.1) is 0 Å². The number of alkyl halides is 3. The van der Waals surface area contributed by atoms with E-state index in [4.69, 9.17) is 4.74 Å². The monoisotopic (exact) mass is 321 g/mol. The molecule has 0 saturated carbocycles. The molecule has 1 N–H and O–H groups in total. The summed E-state index contributed by atoms with van der Waals surface area (Å²) in [6.07, 6.45) is -3.20. The van der Waals surface area contributed by atoms with E-state index in [0.29, 0.717) is 12.2 Å². The van der Waals surface area contributed by atoms with Gasteiger partial charge in [-0.2, -0.15) is 13.2 Å². The van der Waals surface area contributed by atoms with Gasteiger partial charge in [0.2, 0.25) is 0 Å². The Morgan fingerprint density at radius 2 is 1.91 bits per heavy atom. The predicted molar refractivity (Wildman–Crippen MR) is 82.9 cm³/mol. The lowest BCUT2D eigenvalue weighted by molar-refractivity contribution is -0.137. The van der Waals surface area contributed by atoms with Gasteiger partial charge in [-0.25, -0.2) is 0 Å². The summed E-state index contributed by atoms with van der Waals surface area (Å²) >= 11 is 0. The van der Waals surface area contributed by atoms with Crippen molar-refractivity contribution >= 4 is 0 Å². The first-order chi connectivity index (χ1) is 11.0. The van der Waals surface area contributed by atoms with Crippen molar-refractivity contribution in [3.8, 4) is 11.1 Å². The van der Waals surface area contributed by atoms with Crippen LogP contribution < -0.4 is 5.32 Å². The number of ether oxygens (including phenoxy) is 1. The fourth-order valence-corrected chi connectivity index (χ4v) is 2.77. The molecule has 2 aromatic rings. The van der Waals surface area contributed by atoms with Crippen LogP contribution in [-0.2, 0) is 17.5 Å². The van der Waals surface area contributed by atoms with Crippen LogP contribution in [0.25, 0.3) is 11.1 Å². The van der Waals surface area contributed by atoms with Crippen LogP contribution in [0.5, 0.6) is 0 Å². The van der Waals surface area contributed by atoms with E-state index in [1.165, 1.54) is 12.1 Å². The van der Waals surface area contributed by atoms with Gasteiger partial charge in [0.05, 0.1) is 18.3 Å². The van der Waals surface area contributed by atoms with Crippen molar-refractivity contribution in [2.45, 2.75) is 25.3 Å². The third-order valence-electron chi connectivity index (χ3n) is 4.01. The molecular weight excluding hydrogens is 303 g/mol. The van der Waals surface area contributed by atoms with Gasteiger partial charge in [0.25, 0.3) is 0 Å². The zero-order valence-electron chi connectivity index (χ0n) is 12.6. The van der Waals surface area contributed by atoms with Gasteiger partial charge in [-0.15, -0.1) is 0 Å². The molecule has 23 heavy (non-hydrogen) atoms. The molecule has 122 valence electrons. The van der Waals surface area contributed by atoms with Crippen molar-refractivity contribution < 1.29 is 17.9 Å². The number of nitrogens with one attached hydrogen (secondary N) is 1. The fraction of sp³-hybridized carbons (Fsp3) is 0.333. The maximum Gasteiger partial charge on any atom is 0.416 e. The topological polar surface area (TPSA) is 21.3 Å². The van der Waals surface area contributed by atoms with Gasteiger partial charge in [-0.05, 0) is 41.8 Å². The Bertz CT molecular complexity index is 663. The van der Waals surface area contributed by atoms with E-state index < -0.39 is 11.7 Å². The molecule has 1 aliphatic heterocycles. The van der Waals surface area contributed by atoms with Gasteiger partial charge < -0.3 is 10.1 Å². The summed E-state index contributed by atoms with van der Waals surface area (Å²) in [4.78, 5) is 0. The smallest absolute Gasteiger partial charge is 0.372 e. The average molecular weight is 321 g/mol. The number of hydrogen-bond acceptors (Lipinski definition) is 2. The first-order valence-corrected chi connectivity index (χ1v) is 7.62. The van der Waals surface area contributed by atoms with Crippen molar-refractivity contribution in [2.24, 2.45) is 0 Å². The van der Waals surface area contributed by atoms with Crippen LogP contribution in [0.15, 0.2) is 48.5 Å². The molecule has 1 atom stereocenters. The molecule has 3 rings (SSSR count). The highest BCUT2D eigenvalue weighted by atomic mass is 19.4. The van der Waals surface area contributed by atoms with Crippen LogP contribution in [0.1, 0.15) is 17.5 Å². The largest absolute Gasteiger partial charge is 0.416 e. The molecule has 0 aromatic heterocycles. The maximum atomic E-state index is 12.9. The Morgan fingerprint density at radius 3 is 2.65 bits per heavy atom. The van der Waals surface area contributed by atoms with E-state index in [1.54, 1.807) is 6.07 Å². The van der Waals surface area contributed by atoms with Gasteiger partial charge in [-0.3, -0.25) is 0 Å². The molecule has 2 aromatic carbocycles. The summed E-state index contributed by atoms with van der Waals surface area (Å²) in [6, 6.07) is 12.9. The lowest BCUT2D eigenvalue weighted by Crippen LogP contribution is -2.16. The second-order valence-corrected chi connectivity index (χ2v) is 5.66. The highest BCUT2D eigenvalue weighted by molar-refractivity contribution is 5.68. The third-order valence-corrected chi connectivity index (χ3v) is 4.01. The Morgan fingerprint density at radius 1 is 1.09 bits per heavy atom. The Hall–Kier alpha value is -1.85. The highest BCUT2D eigenvalue weighted by Crippen LogP contribution is 2.33. The molecule has 2 nitrogen and oxygen atoms in total. The van der Waals surface area contributed by atoms with E-state index in [2.05, 4.69) is 5.32 Å². The van der Waals surface area contributed by atoms with Gasteiger partial charge in [-0.1, -0.05) is 36.4 Å². The Kier molecular flexibility index (Phi) is 4.68. The quantitative estimate of drug-likeness (QED) is 0.909.